The maximum Gasteiger partial charge on any atom is 0.124 e. The van der Waals surface area contributed by atoms with Gasteiger partial charge in [0.1, 0.15) is 5.75 Å². The van der Waals surface area contributed by atoms with E-state index >= 15 is 0 Å². The highest BCUT2D eigenvalue weighted by Gasteiger charge is 2.11. The monoisotopic (exact) mass is 209 g/mol. The molecule has 0 aliphatic rings. The van der Waals surface area contributed by atoms with Gasteiger partial charge in [0.05, 0.1) is 6.61 Å². The number of hydrogen-bond donors (Lipinski definition) is 2. The Kier molecular flexibility index (Phi) is 4.59. The molecule has 1 atom stereocenters. The molecule has 0 bridgehead atoms. The zero-order chi connectivity index (χ0) is 11.3. The van der Waals surface area contributed by atoms with Crippen molar-refractivity contribution in [2.24, 2.45) is 5.73 Å². The van der Waals surface area contributed by atoms with E-state index < -0.39 is 0 Å². The lowest BCUT2D eigenvalue weighted by atomic mass is 10.0. The number of benzene rings is 1. The minimum absolute atomic E-state index is 0.0979. The minimum Gasteiger partial charge on any atom is -0.494 e. The standard InChI is InChI=1S/C12H19NO2/c1-3-15-12-5-4-9(2)8-10(12)11(13)6-7-14/h4-5,8,11,14H,3,6-7,13H2,1-2H3. The molecular weight excluding hydrogens is 190 g/mol. The lowest BCUT2D eigenvalue weighted by Crippen LogP contribution is -2.13. The number of nitrogens with two attached hydrogens (primary N) is 1. The van der Waals surface area contributed by atoms with Crippen molar-refractivity contribution < 1.29 is 9.84 Å². The topological polar surface area (TPSA) is 55.5 Å². The molecule has 3 N–H and O–H groups in total. The summed E-state index contributed by atoms with van der Waals surface area (Å²) in [6.45, 7) is 4.69. The lowest BCUT2D eigenvalue weighted by Gasteiger charge is -2.16. The highest BCUT2D eigenvalue weighted by Crippen LogP contribution is 2.26. The molecule has 1 unspecified atom stereocenters. The number of rotatable bonds is 5. The molecule has 84 valence electrons. The summed E-state index contributed by atoms with van der Waals surface area (Å²) in [6, 6.07) is 5.80. The number of hydrogen-bond acceptors (Lipinski definition) is 3. The van der Waals surface area contributed by atoms with Crippen LogP contribution in [0.3, 0.4) is 0 Å². The molecule has 3 heteroatoms. The van der Waals surface area contributed by atoms with Crippen LogP contribution in [0.2, 0.25) is 0 Å². The number of aliphatic hydroxyl groups is 1. The molecule has 0 saturated heterocycles. The van der Waals surface area contributed by atoms with E-state index in [1.807, 2.05) is 32.0 Å². The lowest BCUT2D eigenvalue weighted by molar-refractivity contribution is 0.273. The van der Waals surface area contributed by atoms with Gasteiger partial charge < -0.3 is 15.6 Å². The molecule has 0 saturated carbocycles. The van der Waals surface area contributed by atoms with E-state index in [0.29, 0.717) is 13.0 Å². The van der Waals surface area contributed by atoms with Gasteiger partial charge >= 0.3 is 0 Å². The second-order valence-electron chi connectivity index (χ2n) is 3.59. The van der Waals surface area contributed by atoms with Crippen molar-refractivity contribution in [3.8, 4) is 5.75 Å². The van der Waals surface area contributed by atoms with Crippen LogP contribution < -0.4 is 10.5 Å². The molecule has 1 rings (SSSR count). The largest absolute Gasteiger partial charge is 0.494 e. The SMILES string of the molecule is CCOc1ccc(C)cc1C(N)CCO. The van der Waals surface area contributed by atoms with Crippen LogP contribution in [0.4, 0.5) is 0 Å². The Hall–Kier alpha value is -1.06. The van der Waals surface area contributed by atoms with Gasteiger partial charge in [-0.25, -0.2) is 0 Å². The van der Waals surface area contributed by atoms with Gasteiger partial charge in [-0.3, -0.25) is 0 Å². The number of aliphatic hydroxyl groups excluding tert-OH is 1. The normalized spacial score (nSPS) is 12.5. The van der Waals surface area contributed by atoms with Crippen LogP contribution in [0.1, 0.15) is 30.5 Å². The van der Waals surface area contributed by atoms with Gasteiger partial charge in [0.25, 0.3) is 0 Å². The quantitative estimate of drug-likeness (QED) is 0.777. The van der Waals surface area contributed by atoms with E-state index in [1.165, 1.54) is 0 Å². The van der Waals surface area contributed by atoms with Crippen LogP contribution in [-0.4, -0.2) is 18.3 Å². The molecule has 0 aliphatic carbocycles. The molecule has 1 aromatic rings. The molecule has 0 spiro atoms. The predicted molar refractivity (Wildman–Crippen MR) is 61.0 cm³/mol. The third-order valence-electron chi connectivity index (χ3n) is 2.30. The van der Waals surface area contributed by atoms with Gasteiger partial charge in [-0.15, -0.1) is 0 Å². The molecule has 0 aromatic heterocycles. The van der Waals surface area contributed by atoms with Crippen LogP contribution in [0.25, 0.3) is 0 Å². The molecule has 0 amide bonds. The van der Waals surface area contributed by atoms with Crippen LogP contribution in [0.15, 0.2) is 18.2 Å². The Bertz CT molecular complexity index is 312. The zero-order valence-corrected chi connectivity index (χ0v) is 9.36. The number of aryl methyl sites for hydroxylation is 1. The van der Waals surface area contributed by atoms with Crippen LogP contribution in [-0.2, 0) is 0 Å². The van der Waals surface area contributed by atoms with Crippen molar-refractivity contribution in [2.45, 2.75) is 26.3 Å². The van der Waals surface area contributed by atoms with Crippen molar-refractivity contribution in [1.29, 1.82) is 0 Å². The Morgan fingerprint density at radius 3 is 2.80 bits per heavy atom. The smallest absolute Gasteiger partial charge is 0.124 e. The van der Waals surface area contributed by atoms with Gasteiger partial charge in [-0.2, -0.15) is 0 Å². The average molecular weight is 209 g/mol. The van der Waals surface area contributed by atoms with E-state index in [0.717, 1.165) is 16.9 Å². The third kappa shape index (κ3) is 3.22. The second kappa shape index (κ2) is 5.73. The van der Waals surface area contributed by atoms with Gasteiger partial charge in [0.2, 0.25) is 0 Å². The van der Waals surface area contributed by atoms with Crippen LogP contribution >= 0.6 is 0 Å². The third-order valence-corrected chi connectivity index (χ3v) is 2.30. The fourth-order valence-electron chi connectivity index (χ4n) is 1.54. The molecule has 1 aromatic carbocycles. The molecule has 15 heavy (non-hydrogen) atoms. The zero-order valence-electron chi connectivity index (χ0n) is 9.36. The Morgan fingerprint density at radius 2 is 2.20 bits per heavy atom. The molecule has 0 radical (unpaired) electrons. The first-order valence-corrected chi connectivity index (χ1v) is 5.28. The minimum atomic E-state index is -0.156. The van der Waals surface area contributed by atoms with Crippen molar-refractivity contribution in [2.75, 3.05) is 13.2 Å². The maximum atomic E-state index is 8.87. The summed E-state index contributed by atoms with van der Waals surface area (Å²) in [7, 11) is 0. The summed E-state index contributed by atoms with van der Waals surface area (Å²) in [6.07, 6.45) is 0.559. The highest BCUT2D eigenvalue weighted by molar-refractivity contribution is 5.39. The maximum absolute atomic E-state index is 8.87. The van der Waals surface area contributed by atoms with Crippen molar-refractivity contribution in [3.05, 3.63) is 29.3 Å². The summed E-state index contributed by atoms with van der Waals surface area (Å²) < 4.78 is 5.50. The van der Waals surface area contributed by atoms with Crippen LogP contribution in [0, 0.1) is 6.92 Å². The molecule has 0 aliphatic heterocycles. The van der Waals surface area contributed by atoms with E-state index in [9.17, 15) is 0 Å². The summed E-state index contributed by atoms with van der Waals surface area (Å²) in [5, 5.41) is 8.87. The molecular formula is C12H19NO2. The Labute approximate surface area is 90.9 Å². The fourth-order valence-corrected chi connectivity index (χ4v) is 1.54. The Morgan fingerprint density at radius 1 is 1.47 bits per heavy atom. The summed E-state index contributed by atoms with van der Waals surface area (Å²) in [5.74, 6) is 0.823. The second-order valence-corrected chi connectivity index (χ2v) is 3.59. The summed E-state index contributed by atoms with van der Waals surface area (Å²) in [4.78, 5) is 0. The van der Waals surface area contributed by atoms with E-state index in [4.69, 9.17) is 15.6 Å². The van der Waals surface area contributed by atoms with E-state index in [-0.39, 0.29) is 12.6 Å². The fraction of sp³-hybridized carbons (Fsp3) is 0.500. The van der Waals surface area contributed by atoms with Crippen LogP contribution in [0.5, 0.6) is 5.75 Å². The van der Waals surface area contributed by atoms with Gasteiger partial charge in [-0.05, 0) is 26.3 Å². The van der Waals surface area contributed by atoms with E-state index in [1.54, 1.807) is 0 Å². The first-order valence-electron chi connectivity index (χ1n) is 5.28. The Balaban J connectivity index is 2.95. The van der Waals surface area contributed by atoms with E-state index in [2.05, 4.69) is 0 Å². The van der Waals surface area contributed by atoms with Gasteiger partial charge in [-0.1, -0.05) is 17.7 Å². The summed E-state index contributed by atoms with van der Waals surface area (Å²) in [5.41, 5.74) is 8.10. The predicted octanol–water partition coefficient (Wildman–Crippen LogP) is 1.78. The average Bonchev–Trinajstić information content (AvgIpc) is 2.21. The first kappa shape index (κ1) is 12.0. The van der Waals surface area contributed by atoms with Gasteiger partial charge in [0.15, 0.2) is 0 Å². The van der Waals surface area contributed by atoms with Crippen molar-refractivity contribution in [3.63, 3.8) is 0 Å². The highest BCUT2D eigenvalue weighted by atomic mass is 16.5. The summed E-state index contributed by atoms with van der Waals surface area (Å²) >= 11 is 0. The number of ether oxygens (including phenoxy) is 1. The van der Waals surface area contributed by atoms with Gasteiger partial charge in [0, 0.05) is 18.2 Å². The molecule has 0 fully saturated rings. The van der Waals surface area contributed by atoms with Crippen molar-refractivity contribution in [1.82, 2.24) is 0 Å². The first-order chi connectivity index (χ1) is 7.19. The molecule has 0 heterocycles. The van der Waals surface area contributed by atoms with Crippen molar-refractivity contribution >= 4 is 0 Å². The molecule has 3 nitrogen and oxygen atoms in total.